The Morgan fingerprint density at radius 1 is 0.818 bits per heavy atom. The molecule has 1 N–H and O–H groups in total. The van der Waals surface area contributed by atoms with Gasteiger partial charge in [0.05, 0.1) is 16.5 Å². The molecule has 0 radical (unpaired) electrons. The summed E-state index contributed by atoms with van der Waals surface area (Å²) in [6.45, 7) is 0. The first-order valence-corrected chi connectivity index (χ1v) is 8.40. The van der Waals surface area contributed by atoms with Gasteiger partial charge >= 0.3 is 0 Å². The number of fused-ring (bicyclic) bond motifs is 2. The van der Waals surface area contributed by atoms with Gasteiger partial charge in [0.15, 0.2) is 0 Å². The van der Waals surface area contributed by atoms with Crippen LogP contribution >= 0.6 is 0 Å². The summed E-state index contributed by atoms with van der Waals surface area (Å²) in [6, 6.07) is 18.1. The van der Waals surface area contributed by atoms with Crippen LogP contribution in [0.4, 0.5) is 5.69 Å². The zero-order chi connectivity index (χ0) is 14.9. The zero-order valence-corrected chi connectivity index (χ0v) is 13.2. The third-order valence-corrected chi connectivity index (χ3v) is 5.02. The lowest BCUT2D eigenvalue weighted by Crippen LogP contribution is -2.31. The van der Waals surface area contributed by atoms with Crippen molar-refractivity contribution in [3.05, 3.63) is 48.5 Å². The third-order valence-electron chi connectivity index (χ3n) is 5.02. The van der Waals surface area contributed by atoms with E-state index in [9.17, 15) is 0 Å². The van der Waals surface area contributed by atoms with Crippen LogP contribution < -0.4 is 9.88 Å². The summed E-state index contributed by atoms with van der Waals surface area (Å²) >= 11 is 0. The summed E-state index contributed by atoms with van der Waals surface area (Å²) in [4.78, 5) is 0. The summed E-state index contributed by atoms with van der Waals surface area (Å²) in [6.07, 6.45) is 6.69. The topological polar surface area (TPSA) is 15.9 Å². The first-order chi connectivity index (χ1) is 10.8. The molecule has 0 aliphatic heterocycles. The highest BCUT2D eigenvalue weighted by atomic mass is 15.0. The van der Waals surface area contributed by atoms with E-state index in [0.29, 0.717) is 6.04 Å². The van der Waals surface area contributed by atoms with Crippen molar-refractivity contribution < 1.29 is 4.57 Å². The van der Waals surface area contributed by atoms with Crippen molar-refractivity contribution in [3.8, 4) is 0 Å². The summed E-state index contributed by atoms with van der Waals surface area (Å²) in [5.41, 5.74) is 3.90. The van der Waals surface area contributed by atoms with Crippen molar-refractivity contribution in [2.75, 3.05) is 5.32 Å². The first-order valence-electron chi connectivity index (χ1n) is 8.40. The molecular formula is C20H23N2+. The van der Waals surface area contributed by atoms with Crippen molar-refractivity contribution in [3.63, 3.8) is 0 Å². The van der Waals surface area contributed by atoms with Gasteiger partial charge in [0, 0.05) is 18.2 Å². The fourth-order valence-electron chi connectivity index (χ4n) is 3.84. The highest BCUT2D eigenvalue weighted by Gasteiger charge is 2.20. The molecule has 4 rings (SSSR count). The second-order valence-electron chi connectivity index (χ2n) is 6.45. The molecule has 0 spiro atoms. The lowest BCUT2D eigenvalue weighted by molar-refractivity contribution is -0.617. The highest BCUT2D eigenvalue weighted by molar-refractivity contribution is 6.04. The predicted molar refractivity (Wildman–Crippen MR) is 93.1 cm³/mol. The normalized spacial score (nSPS) is 16.2. The lowest BCUT2D eigenvalue weighted by atomic mass is 9.94. The Morgan fingerprint density at radius 3 is 1.95 bits per heavy atom. The minimum Gasteiger partial charge on any atom is -0.381 e. The van der Waals surface area contributed by atoms with Crippen LogP contribution in [-0.4, -0.2) is 6.04 Å². The van der Waals surface area contributed by atoms with Gasteiger partial charge in [0.1, 0.15) is 7.05 Å². The number of anilines is 1. The molecule has 1 aliphatic carbocycles. The zero-order valence-electron chi connectivity index (χ0n) is 13.2. The van der Waals surface area contributed by atoms with E-state index in [1.54, 1.807) is 0 Å². The average Bonchev–Trinajstić information content (AvgIpc) is 2.59. The average molecular weight is 291 g/mol. The number of hydrogen-bond donors (Lipinski definition) is 1. The molecular weight excluding hydrogens is 268 g/mol. The lowest BCUT2D eigenvalue weighted by Gasteiger charge is -2.25. The maximum Gasteiger partial charge on any atom is 0.214 e. The van der Waals surface area contributed by atoms with Crippen molar-refractivity contribution in [1.82, 2.24) is 0 Å². The van der Waals surface area contributed by atoms with Gasteiger partial charge in [-0.05, 0) is 25.0 Å². The molecule has 0 atom stereocenters. The van der Waals surface area contributed by atoms with Crippen molar-refractivity contribution in [2.45, 2.75) is 38.1 Å². The molecule has 1 aromatic heterocycles. The van der Waals surface area contributed by atoms with Gasteiger partial charge in [-0.2, -0.15) is 4.57 Å². The summed E-state index contributed by atoms with van der Waals surface area (Å²) in [5.74, 6) is 0. The Bertz CT molecular complexity index is 759. The molecule has 2 heteroatoms. The van der Waals surface area contributed by atoms with E-state index in [4.69, 9.17) is 0 Å². The molecule has 2 aromatic carbocycles. The Kier molecular flexibility index (Phi) is 3.45. The smallest absolute Gasteiger partial charge is 0.214 e. The Balaban J connectivity index is 1.94. The Hall–Kier alpha value is -2.09. The van der Waals surface area contributed by atoms with Gasteiger partial charge in [-0.3, -0.25) is 0 Å². The molecule has 1 fully saturated rings. The first kappa shape index (κ1) is 13.6. The van der Waals surface area contributed by atoms with Crippen LogP contribution in [0.1, 0.15) is 32.1 Å². The summed E-state index contributed by atoms with van der Waals surface area (Å²) in [5, 5.41) is 6.54. The van der Waals surface area contributed by atoms with Crippen molar-refractivity contribution >= 4 is 27.5 Å². The molecule has 22 heavy (non-hydrogen) atoms. The number of pyridine rings is 1. The second kappa shape index (κ2) is 5.60. The van der Waals surface area contributed by atoms with Gasteiger partial charge in [0.2, 0.25) is 11.0 Å². The minimum atomic E-state index is 0.619. The summed E-state index contributed by atoms with van der Waals surface area (Å²) in [7, 11) is 2.16. The van der Waals surface area contributed by atoms with E-state index in [0.717, 1.165) is 0 Å². The quantitative estimate of drug-likeness (QED) is 0.540. The monoisotopic (exact) mass is 291 g/mol. The van der Waals surface area contributed by atoms with E-state index >= 15 is 0 Å². The predicted octanol–water partition coefficient (Wildman–Crippen LogP) is 4.56. The number of hydrogen-bond acceptors (Lipinski definition) is 1. The van der Waals surface area contributed by atoms with Crippen LogP contribution in [0.15, 0.2) is 48.5 Å². The Morgan fingerprint density at radius 2 is 1.36 bits per heavy atom. The standard InChI is InChI=1S/C20H22N2/c1-22-18-13-7-5-11-16(18)20(17-12-6-8-14-19(17)22)21-15-9-3-2-4-10-15/h5-8,11-15H,2-4,9-10H2,1H3/p+1. The SMILES string of the molecule is C[n+]1c2ccccc2c(NC2CCCCC2)c2ccccc21. The van der Waals surface area contributed by atoms with Crippen LogP contribution in [-0.2, 0) is 7.05 Å². The van der Waals surface area contributed by atoms with Crippen LogP contribution in [0.3, 0.4) is 0 Å². The fourth-order valence-corrected chi connectivity index (χ4v) is 3.84. The Labute approximate surface area is 131 Å². The molecule has 0 unspecified atom stereocenters. The fraction of sp³-hybridized carbons (Fsp3) is 0.350. The number of nitrogens with one attached hydrogen (secondary N) is 1. The van der Waals surface area contributed by atoms with Gasteiger partial charge < -0.3 is 5.32 Å². The molecule has 112 valence electrons. The maximum atomic E-state index is 3.88. The van der Waals surface area contributed by atoms with Crippen LogP contribution in [0, 0.1) is 0 Å². The number of nitrogens with zero attached hydrogens (tertiary/aromatic N) is 1. The number of rotatable bonds is 2. The van der Waals surface area contributed by atoms with Gasteiger partial charge in [-0.25, -0.2) is 0 Å². The number of para-hydroxylation sites is 2. The van der Waals surface area contributed by atoms with Gasteiger partial charge in [0.25, 0.3) is 0 Å². The van der Waals surface area contributed by atoms with E-state index < -0.39 is 0 Å². The molecule has 1 saturated carbocycles. The molecule has 0 saturated heterocycles. The molecule has 3 aromatic rings. The van der Waals surface area contributed by atoms with E-state index in [1.165, 1.54) is 59.6 Å². The van der Waals surface area contributed by atoms with E-state index in [1.807, 2.05) is 0 Å². The second-order valence-corrected chi connectivity index (χ2v) is 6.45. The maximum absolute atomic E-state index is 3.88. The molecule has 1 aliphatic rings. The number of aromatic nitrogens is 1. The van der Waals surface area contributed by atoms with E-state index in [2.05, 4.69) is 65.5 Å². The molecule has 2 nitrogen and oxygen atoms in total. The number of benzene rings is 2. The van der Waals surface area contributed by atoms with Gasteiger partial charge in [-0.15, -0.1) is 0 Å². The summed E-state index contributed by atoms with van der Waals surface area (Å²) < 4.78 is 2.30. The third kappa shape index (κ3) is 2.23. The van der Waals surface area contributed by atoms with Crippen LogP contribution in [0.5, 0.6) is 0 Å². The largest absolute Gasteiger partial charge is 0.381 e. The highest BCUT2D eigenvalue weighted by Crippen LogP contribution is 2.32. The van der Waals surface area contributed by atoms with Crippen LogP contribution in [0.25, 0.3) is 21.8 Å². The molecule has 0 amide bonds. The van der Waals surface area contributed by atoms with Crippen molar-refractivity contribution in [2.24, 2.45) is 7.05 Å². The van der Waals surface area contributed by atoms with Gasteiger partial charge in [-0.1, -0.05) is 43.5 Å². The minimum absolute atomic E-state index is 0.619. The molecule has 1 heterocycles. The molecule has 0 bridgehead atoms. The van der Waals surface area contributed by atoms with Crippen molar-refractivity contribution in [1.29, 1.82) is 0 Å². The number of aryl methyl sites for hydroxylation is 1. The van der Waals surface area contributed by atoms with Crippen LogP contribution in [0.2, 0.25) is 0 Å². The van der Waals surface area contributed by atoms with E-state index in [-0.39, 0.29) is 0 Å².